The van der Waals surface area contributed by atoms with Gasteiger partial charge in [-0.15, -0.1) is 0 Å². The number of hydrogen-bond donors (Lipinski definition) is 0. The molecule has 1 aliphatic rings. The van der Waals surface area contributed by atoms with Gasteiger partial charge in [0.05, 0.1) is 6.54 Å². The van der Waals surface area contributed by atoms with Crippen LogP contribution in [-0.2, 0) is 13.0 Å². The van der Waals surface area contributed by atoms with E-state index >= 15 is 0 Å². The smallest absolute Gasteiger partial charge is 0.276 e. The molecule has 3 heterocycles. The molecule has 25 heavy (non-hydrogen) atoms. The number of rotatable bonds is 2. The van der Waals surface area contributed by atoms with E-state index < -0.39 is 11.6 Å². The van der Waals surface area contributed by atoms with Crippen LogP contribution in [0.1, 0.15) is 27.7 Å². The lowest BCUT2D eigenvalue weighted by molar-refractivity contribution is 0.0721. The number of oxazole rings is 2. The molecule has 0 bridgehead atoms. The van der Waals surface area contributed by atoms with Gasteiger partial charge in [-0.05, 0) is 19.1 Å². The highest BCUT2D eigenvalue weighted by Gasteiger charge is 2.28. The highest BCUT2D eigenvalue weighted by atomic mass is 19.1. The summed E-state index contributed by atoms with van der Waals surface area (Å²) in [5.41, 5.74) is 1.05. The predicted molar refractivity (Wildman–Crippen MR) is 81.5 cm³/mol. The van der Waals surface area contributed by atoms with Crippen molar-refractivity contribution in [3.8, 4) is 11.5 Å². The Morgan fingerprint density at radius 2 is 2.00 bits per heavy atom. The first-order chi connectivity index (χ1) is 12.0. The summed E-state index contributed by atoms with van der Waals surface area (Å²) in [6, 6.07) is 3.09. The number of benzene rings is 1. The zero-order chi connectivity index (χ0) is 17.6. The highest BCUT2D eigenvalue weighted by molar-refractivity contribution is 5.93. The van der Waals surface area contributed by atoms with Gasteiger partial charge in [-0.2, -0.15) is 0 Å². The van der Waals surface area contributed by atoms with Crippen LogP contribution in [-0.4, -0.2) is 27.3 Å². The van der Waals surface area contributed by atoms with Crippen molar-refractivity contribution in [3.05, 3.63) is 59.1 Å². The fourth-order valence-corrected chi connectivity index (χ4v) is 2.83. The van der Waals surface area contributed by atoms with Gasteiger partial charge in [0, 0.05) is 24.6 Å². The molecule has 0 unspecified atom stereocenters. The fraction of sp³-hybridized carbons (Fsp3) is 0.235. The van der Waals surface area contributed by atoms with Crippen LogP contribution in [0.3, 0.4) is 0 Å². The second-order valence-corrected chi connectivity index (χ2v) is 5.78. The average Bonchev–Trinajstić information content (AvgIpc) is 3.18. The number of hydrogen-bond acceptors (Lipinski definition) is 5. The van der Waals surface area contributed by atoms with Gasteiger partial charge in [0.15, 0.2) is 12.1 Å². The molecule has 0 fully saturated rings. The molecule has 128 valence electrons. The number of nitrogens with zero attached hydrogens (tertiary/aromatic N) is 3. The zero-order valence-corrected chi connectivity index (χ0v) is 13.3. The Morgan fingerprint density at radius 1 is 1.24 bits per heavy atom. The Bertz CT molecular complexity index is 944. The monoisotopic (exact) mass is 345 g/mol. The molecule has 0 saturated carbocycles. The topological polar surface area (TPSA) is 72.4 Å². The van der Waals surface area contributed by atoms with Crippen LogP contribution in [0.5, 0.6) is 0 Å². The second-order valence-electron chi connectivity index (χ2n) is 5.78. The minimum atomic E-state index is -0.704. The van der Waals surface area contributed by atoms with Gasteiger partial charge in [0.25, 0.3) is 5.91 Å². The normalized spacial score (nSPS) is 13.8. The van der Waals surface area contributed by atoms with E-state index in [9.17, 15) is 13.6 Å². The Balaban J connectivity index is 1.61. The molecule has 4 rings (SSSR count). The van der Waals surface area contributed by atoms with Crippen molar-refractivity contribution in [2.45, 2.75) is 19.9 Å². The lowest BCUT2D eigenvalue weighted by atomic mass is 10.1. The number of halogens is 2. The quantitative estimate of drug-likeness (QED) is 0.714. The first-order valence-corrected chi connectivity index (χ1v) is 7.65. The molecule has 2 aromatic heterocycles. The maximum Gasteiger partial charge on any atom is 0.276 e. The van der Waals surface area contributed by atoms with E-state index in [0.717, 1.165) is 18.2 Å². The van der Waals surface area contributed by atoms with Gasteiger partial charge in [-0.1, -0.05) is 0 Å². The van der Waals surface area contributed by atoms with E-state index in [-0.39, 0.29) is 29.6 Å². The van der Waals surface area contributed by atoms with Crippen molar-refractivity contribution in [2.24, 2.45) is 0 Å². The molecule has 1 amide bonds. The number of aryl methyl sites for hydroxylation is 1. The first-order valence-electron chi connectivity index (χ1n) is 7.65. The standard InChI is InChI=1S/C17H13F2N3O3/c1-9-15(20-8-24-9)17(23)22-3-2-14-13(7-22)21-16(25-14)10-4-11(18)6-12(19)5-10/h4-6,8H,2-3,7H2,1H3. The SMILES string of the molecule is Cc1ocnc1C(=O)N1CCc2oc(-c3cc(F)cc(F)c3)nc2C1. The van der Waals surface area contributed by atoms with Gasteiger partial charge >= 0.3 is 0 Å². The Labute approximate surface area is 141 Å². The van der Waals surface area contributed by atoms with Gasteiger partial charge in [-0.25, -0.2) is 18.7 Å². The second kappa shape index (κ2) is 5.80. The third-order valence-corrected chi connectivity index (χ3v) is 4.07. The predicted octanol–water partition coefficient (Wildman–Crippen LogP) is 3.11. The Morgan fingerprint density at radius 3 is 2.68 bits per heavy atom. The van der Waals surface area contributed by atoms with Crippen LogP contribution >= 0.6 is 0 Å². The summed E-state index contributed by atoms with van der Waals surface area (Å²) in [6.45, 7) is 2.34. The van der Waals surface area contributed by atoms with Crippen molar-refractivity contribution < 1.29 is 22.4 Å². The minimum Gasteiger partial charge on any atom is -0.448 e. The number of carbonyl (C=O) groups excluding carboxylic acids is 1. The molecule has 6 nitrogen and oxygen atoms in total. The molecule has 0 spiro atoms. The number of aromatic nitrogens is 2. The summed E-state index contributed by atoms with van der Waals surface area (Å²) < 4.78 is 37.5. The fourth-order valence-electron chi connectivity index (χ4n) is 2.83. The van der Waals surface area contributed by atoms with Crippen molar-refractivity contribution >= 4 is 5.91 Å². The summed E-state index contributed by atoms with van der Waals surface area (Å²) in [5, 5.41) is 0. The molecule has 0 radical (unpaired) electrons. The van der Waals surface area contributed by atoms with E-state index in [2.05, 4.69) is 9.97 Å². The van der Waals surface area contributed by atoms with Crippen molar-refractivity contribution in [3.63, 3.8) is 0 Å². The third kappa shape index (κ3) is 2.79. The van der Waals surface area contributed by atoms with E-state index in [1.807, 2.05) is 0 Å². The molecule has 0 aliphatic carbocycles. The number of carbonyl (C=O) groups is 1. The summed E-state index contributed by atoms with van der Waals surface area (Å²) >= 11 is 0. The van der Waals surface area contributed by atoms with Gasteiger partial charge in [0.1, 0.15) is 28.8 Å². The van der Waals surface area contributed by atoms with Crippen LogP contribution in [0, 0.1) is 18.6 Å². The van der Waals surface area contributed by atoms with Crippen molar-refractivity contribution in [2.75, 3.05) is 6.54 Å². The van der Waals surface area contributed by atoms with Crippen molar-refractivity contribution in [1.82, 2.24) is 14.9 Å². The van der Waals surface area contributed by atoms with Crippen LogP contribution < -0.4 is 0 Å². The molecular weight excluding hydrogens is 332 g/mol. The number of fused-ring (bicyclic) bond motifs is 1. The van der Waals surface area contributed by atoms with E-state index in [4.69, 9.17) is 8.83 Å². The summed E-state index contributed by atoms with van der Waals surface area (Å²) in [7, 11) is 0. The summed E-state index contributed by atoms with van der Waals surface area (Å²) in [5.74, 6) is -0.463. The molecule has 8 heteroatoms. The van der Waals surface area contributed by atoms with Gasteiger partial charge in [-0.3, -0.25) is 4.79 Å². The largest absolute Gasteiger partial charge is 0.448 e. The maximum atomic E-state index is 13.4. The van der Waals surface area contributed by atoms with E-state index in [1.54, 1.807) is 11.8 Å². The molecule has 1 aromatic carbocycles. The molecule has 0 atom stereocenters. The van der Waals surface area contributed by atoms with Crippen LogP contribution in [0.25, 0.3) is 11.5 Å². The first kappa shape index (κ1) is 15.5. The lowest BCUT2D eigenvalue weighted by Gasteiger charge is -2.24. The maximum absolute atomic E-state index is 13.4. The zero-order valence-electron chi connectivity index (χ0n) is 13.3. The Kier molecular flexibility index (Phi) is 3.60. The molecule has 0 saturated heterocycles. The van der Waals surface area contributed by atoms with Crippen LogP contribution in [0.4, 0.5) is 8.78 Å². The molecular formula is C17H13F2N3O3. The molecule has 3 aromatic rings. The minimum absolute atomic E-state index is 0.135. The van der Waals surface area contributed by atoms with E-state index in [1.165, 1.54) is 6.39 Å². The Hall–Kier alpha value is -3.03. The summed E-state index contributed by atoms with van der Waals surface area (Å²) in [4.78, 5) is 22.3. The molecule has 0 N–H and O–H groups in total. The third-order valence-electron chi connectivity index (χ3n) is 4.07. The van der Waals surface area contributed by atoms with Crippen LogP contribution in [0.2, 0.25) is 0 Å². The lowest BCUT2D eigenvalue weighted by Crippen LogP contribution is -2.36. The average molecular weight is 345 g/mol. The van der Waals surface area contributed by atoms with Gasteiger partial charge < -0.3 is 13.7 Å². The number of amides is 1. The van der Waals surface area contributed by atoms with Crippen LogP contribution in [0.15, 0.2) is 33.4 Å². The van der Waals surface area contributed by atoms with E-state index in [0.29, 0.717) is 30.2 Å². The summed E-state index contributed by atoms with van der Waals surface area (Å²) in [6.07, 6.45) is 1.69. The highest BCUT2D eigenvalue weighted by Crippen LogP contribution is 2.28. The van der Waals surface area contributed by atoms with Gasteiger partial charge in [0.2, 0.25) is 5.89 Å². The van der Waals surface area contributed by atoms with Crippen molar-refractivity contribution in [1.29, 1.82) is 0 Å². The molecule has 1 aliphatic heterocycles.